The zero-order chi connectivity index (χ0) is 14.4. The lowest BCUT2D eigenvalue weighted by Gasteiger charge is -2.12. The van der Waals surface area contributed by atoms with Crippen LogP contribution in [0.2, 0.25) is 0 Å². The minimum atomic E-state index is -1.42. The molecule has 0 aliphatic rings. The molecule has 1 unspecified atom stereocenters. The van der Waals surface area contributed by atoms with Crippen molar-refractivity contribution in [2.45, 2.75) is 13.3 Å². The number of amides is 1. The summed E-state index contributed by atoms with van der Waals surface area (Å²) in [5.74, 6) is -2.68. The maximum Gasteiger partial charge on any atom is 0.340 e. The van der Waals surface area contributed by atoms with Gasteiger partial charge in [0.05, 0.1) is 5.69 Å². The lowest BCUT2D eigenvalue weighted by Crippen LogP contribution is -2.19. The third kappa shape index (κ3) is 4.33. The summed E-state index contributed by atoms with van der Waals surface area (Å²) in [4.78, 5) is 22.6. The molecule has 0 fully saturated rings. The van der Waals surface area contributed by atoms with E-state index in [1.807, 2.05) is 6.92 Å². The molecule has 0 spiro atoms. The molecule has 6 heteroatoms. The average Bonchev–Trinajstić information content (AvgIpc) is 2.28. The van der Waals surface area contributed by atoms with Gasteiger partial charge in [-0.25, -0.2) is 9.18 Å². The number of carbonyl (C=O) groups is 2. The quantitative estimate of drug-likeness (QED) is 0.829. The first-order valence-electron chi connectivity index (χ1n) is 5.76. The Morgan fingerprint density at radius 3 is 2.74 bits per heavy atom. The van der Waals surface area contributed by atoms with Crippen LogP contribution >= 0.6 is 0 Å². The fourth-order valence-electron chi connectivity index (χ4n) is 1.71. The van der Waals surface area contributed by atoms with E-state index in [1.54, 1.807) is 0 Å². The zero-order valence-electron chi connectivity index (χ0n) is 10.8. The number of carboxylic acid groups (broad SMARTS) is 1. The highest BCUT2D eigenvalue weighted by Crippen LogP contribution is 2.19. The van der Waals surface area contributed by atoms with Crippen LogP contribution in [0.15, 0.2) is 18.2 Å². The van der Waals surface area contributed by atoms with Gasteiger partial charge in [0, 0.05) is 20.1 Å². The van der Waals surface area contributed by atoms with E-state index >= 15 is 0 Å². The minimum absolute atomic E-state index is 0.00756. The molecule has 1 aromatic carbocycles. The standard InChI is InChI=1S/C13H16FNO4/c1-8(7-19-2)6-11(16)15-10-5-3-4-9(14)12(10)13(17)18/h3-5,8H,6-7H2,1-2H3,(H,15,16)(H,17,18). The van der Waals surface area contributed by atoms with E-state index in [0.717, 1.165) is 6.07 Å². The number of carboxylic acids is 1. The van der Waals surface area contributed by atoms with Crippen molar-refractivity contribution in [1.29, 1.82) is 0 Å². The second kappa shape index (κ2) is 6.84. The van der Waals surface area contributed by atoms with Crippen LogP contribution in [0.5, 0.6) is 0 Å². The van der Waals surface area contributed by atoms with Crippen molar-refractivity contribution >= 4 is 17.6 Å². The monoisotopic (exact) mass is 269 g/mol. The molecule has 1 atom stereocenters. The number of benzene rings is 1. The first-order valence-corrected chi connectivity index (χ1v) is 5.76. The fraction of sp³-hybridized carbons (Fsp3) is 0.385. The highest BCUT2D eigenvalue weighted by molar-refractivity contribution is 6.00. The van der Waals surface area contributed by atoms with Gasteiger partial charge in [0.25, 0.3) is 0 Å². The maximum atomic E-state index is 13.4. The second-order valence-corrected chi connectivity index (χ2v) is 4.28. The Labute approximate surface area is 110 Å². The number of halogens is 1. The SMILES string of the molecule is COCC(C)CC(=O)Nc1cccc(F)c1C(=O)O. The van der Waals surface area contributed by atoms with E-state index in [9.17, 15) is 14.0 Å². The number of carbonyl (C=O) groups excluding carboxylic acids is 1. The highest BCUT2D eigenvalue weighted by atomic mass is 19.1. The molecule has 19 heavy (non-hydrogen) atoms. The molecule has 0 aliphatic carbocycles. The van der Waals surface area contributed by atoms with Crippen LogP contribution in [-0.2, 0) is 9.53 Å². The fourth-order valence-corrected chi connectivity index (χ4v) is 1.71. The smallest absolute Gasteiger partial charge is 0.340 e. The van der Waals surface area contributed by atoms with Crippen LogP contribution < -0.4 is 5.32 Å². The van der Waals surface area contributed by atoms with Crippen molar-refractivity contribution < 1.29 is 23.8 Å². The summed E-state index contributed by atoms with van der Waals surface area (Å²) in [6.45, 7) is 2.25. The van der Waals surface area contributed by atoms with E-state index in [2.05, 4.69) is 5.32 Å². The number of anilines is 1. The molecule has 1 amide bonds. The second-order valence-electron chi connectivity index (χ2n) is 4.28. The average molecular weight is 269 g/mol. The predicted molar refractivity (Wildman–Crippen MR) is 67.6 cm³/mol. The van der Waals surface area contributed by atoms with Gasteiger partial charge < -0.3 is 15.2 Å². The molecule has 0 heterocycles. The van der Waals surface area contributed by atoms with Gasteiger partial charge in [-0.2, -0.15) is 0 Å². The topological polar surface area (TPSA) is 75.6 Å². The van der Waals surface area contributed by atoms with Crippen LogP contribution in [0.4, 0.5) is 10.1 Å². The molecule has 0 radical (unpaired) electrons. The number of methoxy groups -OCH3 is 1. The molecule has 1 aromatic rings. The molecule has 2 N–H and O–H groups in total. The van der Waals surface area contributed by atoms with Gasteiger partial charge in [-0.1, -0.05) is 13.0 Å². The number of nitrogens with one attached hydrogen (secondary N) is 1. The predicted octanol–water partition coefficient (Wildman–Crippen LogP) is 2.14. The Hall–Kier alpha value is -1.95. The van der Waals surface area contributed by atoms with Crippen LogP contribution in [0.1, 0.15) is 23.7 Å². The molecule has 104 valence electrons. The Morgan fingerprint density at radius 2 is 2.16 bits per heavy atom. The van der Waals surface area contributed by atoms with Gasteiger partial charge in [0.2, 0.25) is 5.91 Å². The summed E-state index contributed by atoms with van der Waals surface area (Å²) in [6.07, 6.45) is 0.170. The molecule has 0 aromatic heterocycles. The summed E-state index contributed by atoms with van der Waals surface area (Å²) >= 11 is 0. The van der Waals surface area contributed by atoms with Gasteiger partial charge in [0.15, 0.2) is 0 Å². The normalized spacial score (nSPS) is 11.9. The van der Waals surface area contributed by atoms with Crippen molar-refractivity contribution in [3.05, 3.63) is 29.6 Å². The van der Waals surface area contributed by atoms with Crippen LogP contribution in [0.25, 0.3) is 0 Å². The van der Waals surface area contributed by atoms with Crippen molar-refractivity contribution in [2.75, 3.05) is 19.0 Å². The van der Waals surface area contributed by atoms with Gasteiger partial charge >= 0.3 is 5.97 Å². The summed E-state index contributed by atoms with van der Waals surface area (Å²) in [7, 11) is 1.53. The lowest BCUT2D eigenvalue weighted by molar-refractivity contribution is -0.117. The van der Waals surface area contributed by atoms with E-state index < -0.39 is 17.3 Å². The molecule has 0 aliphatic heterocycles. The Bertz CT molecular complexity index is 476. The highest BCUT2D eigenvalue weighted by Gasteiger charge is 2.18. The van der Waals surface area contributed by atoms with Crippen molar-refractivity contribution in [1.82, 2.24) is 0 Å². The van der Waals surface area contributed by atoms with Crippen LogP contribution in [0.3, 0.4) is 0 Å². The zero-order valence-corrected chi connectivity index (χ0v) is 10.8. The Balaban J connectivity index is 2.80. The van der Waals surface area contributed by atoms with Gasteiger partial charge in [-0.15, -0.1) is 0 Å². The number of aromatic carboxylic acids is 1. The Morgan fingerprint density at radius 1 is 1.47 bits per heavy atom. The summed E-state index contributed by atoms with van der Waals surface area (Å²) in [5.41, 5.74) is -0.572. The summed E-state index contributed by atoms with van der Waals surface area (Å²) < 4.78 is 18.3. The number of ether oxygens (including phenoxy) is 1. The third-order valence-corrected chi connectivity index (χ3v) is 2.49. The van der Waals surface area contributed by atoms with Crippen molar-refractivity contribution in [2.24, 2.45) is 5.92 Å². The summed E-state index contributed by atoms with van der Waals surface area (Å²) in [5, 5.41) is 11.3. The van der Waals surface area contributed by atoms with Crippen LogP contribution in [-0.4, -0.2) is 30.7 Å². The molecule has 0 saturated heterocycles. The van der Waals surface area contributed by atoms with Gasteiger partial charge in [-0.05, 0) is 18.1 Å². The van der Waals surface area contributed by atoms with Gasteiger partial charge in [0.1, 0.15) is 11.4 Å². The van der Waals surface area contributed by atoms with E-state index in [0.29, 0.717) is 6.61 Å². The minimum Gasteiger partial charge on any atom is -0.478 e. The molecule has 0 saturated carbocycles. The Kier molecular flexibility index (Phi) is 5.44. The van der Waals surface area contributed by atoms with Crippen LogP contribution in [0, 0.1) is 11.7 Å². The number of rotatable bonds is 6. The summed E-state index contributed by atoms with van der Waals surface area (Å²) in [6, 6.07) is 3.73. The largest absolute Gasteiger partial charge is 0.478 e. The first-order chi connectivity index (χ1) is 8.95. The maximum absolute atomic E-state index is 13.4. The first kappa shape index (κ1) is 15.1. The lowest BCUT2D eigenvalue weighted by atomic mass is 10.1. The number of hydrogen-bond donors (Lipinski definition) is 2. The van der Waals surface area contributed by atoms with E-state index in [1.165, 1.54) is 19.2 Å². The van der Waals surface area contributed by atoms with Crippen molar-refractivity contribution in [3.63, 3.8) is 0 Å². The van der Waals surface area contributed by atoms with Crippen molar-refractivity contribution in [3.8, 4) is 0 Å². The molecular weight excluding hydrogens is 253 g/mol. The number of hydrogen-bond acceptors (Lipinski definition) is 3. The van der Waals surface area contributed by atoms with Gasteiger partial charge in [-0.3, -0.25) is 4.79 Å². The molecular formula is C13H16FNO4. The molecule has 1 rings (SSSR count). The van der Waals surface area contributed by atoms with E-state index in [-0.39, 0.29) is 23.9 Å². The van der Waals surface area contributed by atoms with E-state index in [4.69, 9.17) is 9.84 Å². The molecule has 5 nitrogen and oxygen atoms in total. The third-order valence-electron chi connectivity index (χ3n) is 2.49. The molecule has 0 bridgehead atoms.